The van der Waals surface area contributed by atoms with Crippen LogP contribution in [-0.2, 0) is 14.3 Å². The van der Waals surface area contributed by atoms with Crippen LogP contribution in [0.4, 0.5) is 13.2 Å². The van der Waals surface area contributed by atoms with E-state index < -0.39 is 29.6 Å². The fourth-order valence-electron chi connectivity index (χ4n) is 2.03. The number of allylic oxidation sites excluding steroid dienone is 1. The molecule has 1 aliphatic rings. The number of alkyl halides is 3. The third-order valence-electron chi connectivity index (χ3n) is 2.94. The average Bonchev–Trinajstić information content (AvgIpc) is 2.85. The minimum atomic E-state index is -4.73. The highest BCUT2D eigenvalue weighted by molar-refractivity contribution is 6.30. The van der Waals surface area contributed by atoms with E-state index in [0.29, 0.717) is 10.6 Å². The van der Waals surface area contributed by atoms with Gasteiger partial charge >= 0.3 is 12.1 Å². The Kier molecular flexibility index (Phi) is 4.46. The van der Waals surface area contributed by atoms with Gasteiger partial charge in [0.2, 0.25) is 5.76 Å². The molecule has 0 saturated carbocycles. The van der Waals surface area contributed by atoms with Gasteiger partial charge in [0.25, 0.3) is 0 Å². The molecule has 0 amide bonds. The third-order valence-corrected chi connectivity index (χ3v) is 3.20. The van der Waals surface area contributed by atoms with E-state index in [0.717, 1.165) is 0 Å². The Morgan fingerprint density at radius 3 is 2.52 bits per heavy atom. The monoisotopic (exact) mass is 320 g/mol. The summed E-state index contributed by atoms with van der Waals surface area (Å²) in [7, 11) is 0. The van der Waals surface area contributed by atoms with Crippen LogP contribution in [0, 0.1) is 0 Å². The molecule has 1 heterocycles. The van der Waals surface area contributed by atoms with Gasteiger partial charge < -0.3 is 9.47 Å². The number of carbonyl (C=O) groups excluding carboxylic acids is 1. The zero-order valence-corrected chi connectivity index (χ0v) is 11.8. The lowest BCUT2D eigenvalue weighted by atomic mass is 10.0. The summed E-state index contributed by atoms with van der Waals surface area (Å²) in [5, 5.41) is 0.464. The Morgan fingerprint density at radius 1 is 1.38 bits per heavy atom. The van der Waals surface area contributed by atoms with Crippen molar-refractivity contribution < 1.29 is 27.4 Å². The molecule has 0 radical (unpaired) electrons. The normalized spacial score (nSPS) is 18.6. The summed E-state index contributed by atoms with van der Waals surface area (Å²) in [6.07, 6.45) is -5.79. The van der Waals surface area contributed by atoms with Crippen molar-refractivity contribution in [2.45, 2.75) is 25.6 Å². The van der Waals surface area contributed by atoms with Crippen molar-refractivity contribution in [3.8, 4) is 0 Å². The highest BCUT2D eigenvalue weighted by atomic mass is 35.5. The highest BCUT2D eigenvalue weighted by Gasteiger charge is 2.46. The van der Waals surface area contributed by atoms with Crippen LogP contribution in [0.2, 0.25) is 5.02 Å². The van der Waals surface area contributed by atoms with E-state index in [1.807, 2.05) is 0 Å². The molecule has 0 aromatic heterocycles. The summed E-state index contributed by atoms with van der Waals surface area (Å²) in [5.74, 6) is -2.28. The topological polar surface area (TPSA) is 35.5 Å². The van der Waals surface area contributed by atoms with E-state index in [4.69, 9.17) is 16.3 Å². The largest absolute Gasteiger partial charge is 0.480 e. The van der Waals surface area contributed by atoms with Crippen LogP contribution in [0.5, 0.6) is 0 Å². The van der Waals surface area contributed by atoms with Gasteiger partial charge in [-0.2, -0.15) is 13.2 Å². The van der Waals surface area contributed by atoms with Crippen LogP contribution in [0.25, 0.3) is 0 Å². The minimum Gasteiger partial charge on any atom is -0.480 e. The first-order valence-electron chi connectivity index (χ1n) is 6.22. The van der Waals surface area contributed by atoms with Crippen molar-refractivity contribution in [3.63, 3.8) is 0 Å². The average molecular weight is 321 g/mol. The van der Waals surface area contributed by atoms with Crippen molar-refractivity contribution in [2.75, 3.05) is 6.61 Å². The number of hydrogen-bond acceptors (Lipinski definition) is 3. The molecule has 0 saturated heterocycles. The van der Waals surface area contributed by atoms with E-state index in [-0.39, 0.29) is 13.0 Å². The predicted octanol–water partition coefficient (Wildman–Crippen LogP) is 4.18. The first-order chi connectivity index (χ1) is 9.82. The Morgan fingerprint density at radius 2 is 2.00 bits per heavy atom. The first-order valence-corrected chi connectivity index (χ1v) is 6.60. The molecule has 0 bridgehead atoms. The van der Waals surface area contributed by atoms with E-state index in [9.17, 15) is 18.0 Å². The lowest BCUT2D eigenvalue weighted by Gasteiger charge is -2.14. The fourth-order valence-corrected chi connectivity index (χ4v) is 2.15. The Labute approximate surface area is 124 Å². The lowest BCUT2D eigenvalue weighted by molar-refractivity contribution is -0.143. The van der Waals surface area contributed by atoms with Gasteiger partial charge in [0.15, 0.2) is 0 Å². The van der Waals surface area contributed by atoms with Gasteiger partial charge in [0, 0.05) is 11.4 Å². The van der Waals surface area contributed by atoms with Crippen LogP contribution in [0.15, 0.2) is 35.6 Å². The van der Waals surface area contributed by atoms with Crippen LogP contribution >= 0.6 is 11.6 Å². The molecule has 0 N–H and O–H groups in total. The predicted molar refractivity (Wildman–Crippen MR) is 69.6 cm³/mol. The number of carbonyl (C=O) groups is 1. The molecule has 1 unspecified atom stereocenters. The van der Waals surface area contributed by atoms with Gasteiger partial charge in [-0.1, -0.05) is 23.7 Å². The third kappa shape index (κ3) is 3.50. The molecule has 3 nitrogen and oxygen atoms in total. The Hall–Kier alpha value is -1.69. The summed E-state index contributed by atoms with van der Waals surface area (Å²) in [6, 6.07) is 6.23. The molecule has 1 aromatic rings. The summed E-state index contributed by atoms with van der Waals surface area (Å²) in [6.45, 7) is 1.53. The highest BCUT2D eigenvalue weighted by Crippen LogP contribution is 2.43. The maximum absolute atomic E-state index is 13.0. The van der Waals surface area contributed by atoms with Crippen molar-refractivity contribution >= 4 is 17.6 Å². The van der Waals surface area contributed by atoms with E-state index in [1.165, 1.54) is 6.92 Å². The molecule has 21 heavy (non-hydrogen) atoms. The lowest BCUT2D eigenvalue weighted by Crippen LogP contribution is -2.17. The Bertz CT molecular complexity index is 564. The summed E-state index contributed by atoms with van der Waals surface area (Å²) in [4.78, 5) is 11.7. The van der Waals surface area contributed by atoms with E-state index in [1.54, 1.807) is 24.3 Å². The molecule has 114 valence electrons. The molecule has 0 spiro atoms. The molecular formula is C14H12ClF3O3. The van der Waals surface area contributed by atoms with Gasteiger partial charge in [-0.25, -0.2) is 4.79 Å². The molecular weight excluding hydrogens is 309 g/mol. The standard InChI is InChI=1S/C14H12ClF3O3/c1-2-20-13(19)10-7-11(21-12(10)14(16,17)18)8-3-5-9(15)6-4-8/h3-6,11H,2,7H2,1H3. The van der Waals surface area contributed by atoms with Crippen molar-refractivity contribution in [2.24, 2.45) is 0 Å². The van der Waals surface area contributed by atoms with Crippen LogP contribution < -0.4 is 0 Å². The van der Waals surface area contributed by atoms with Gasteiger partial charge in [0.05, 0.1) is 12.2 Å². The molecule has 0 fully saturated rings. The first kappa shape index (κ1) is 15.7. The number of benzene rings is 1. The second-order valence-corrected chi connectivity index (χ2v) is 4.82. The summed E-state index contributed by atoms with van der Waals surface area (Å²) < 4.78 is 48.5. The molecule has 0 aliphatic carbocycles. The maximum atomic E-state index is 13.0. The van der Waals surface area contributed by atoms with Gasteiger partial charge in [-0.05, 0) is 24.6 Å². The second-order valence-electron chi connectivity index (χ2n) is 4.39. The van der Waals surface area contributed by atoms with Gasteiger partial charge in [0.1, 0.15) is 6.10 Å². The quantitative estimate of drug-likeness (QED) is 0.784. The number of hydrogen-bond donors (Lipinski definition) is 0. The van der Waals surface area contributed by atoms with E-state index in [2.05, 4.69) is 4.74 Å². The number of halogens is 4. The molecule has 1 aromatic carbocycles. The second kappa shape index (κ2) is 5.97. The van der Waals surface area contributed by atoms with Crippen LogP contribution in [0.3, 0.4) is 0 Å². The summed E-state index contributed by atoms with van der Waals surface area (Å²) >= 11 is 5.73. The zero-order valence-electron chi connectivity index (χ0n) is 11.0. The maximum Gasteiger partial charge on any atom is 0.449 e. The van der Waals surface area contributed by atoms with Crippen molar-refractivity contribution in [1.29, 1.82) is 0 Å². The van der Waals surface area contributed by atoms with Crippen molar-refractivity contribution in [1.82, 2.24) is 0 Å². The van der Waals surface area contributed by atoms with Crippen LogP contribution in [0.1, 0.15) is 25.0 Å². The molecule has 1 atom stereocenters. The van der Waals surface area contributed by atoms with E-state index >= 15 is 0 Å². The van der Waals surface area contributed by atoms with Crippen LogP contribution in [-0.4, -0.2) is 18.8 Å². The zero-order chi connectivity index (χ0) is 15.6. The number of ether oxygens (including phenoxy) is 2. The Balaban J connectivity index is 2.27. The number of esters is 1. The van der Waals surface area contributed by atoms with Gasteiger partial charge in [-0.15, -0.1) is 0 Å². The smallest absolute Gasteiger partial charge is 0.449 e. The SMILES string of the molecule is CCOC(=O)C1=C(C(F)(F)F)OC(c2ccc(Cl)cc2)C1. The molecule has 2 rings (SSSR count). The number of rotatable bonds is 3. The molecule has 7 heteroatoms. The summed E-state index contributed by atoms with van der Waals surface area (Å²) in [5.41, 5.74) is 0.0322. The molecule has 1 aliphatic heterocycles. The van der Waals surface area contributed by atoms with Gasteiger partial charge in [-0.3, -0.25) is 0 Å². The fraction of sp³-hybridized carbons (Fsp3) is 0.357. The minimum absolute atomic E-state index is 0.000911. The van der Waals surface area contributed by atoms with Crippen molar-refractivity contribution in [3.05, 3.63) is 46.2 Å².